The van der Waals surface area contributed by atoms with Crippen molar-refractivity contribution >= 4 is 21.6 Å². The van der Waals surface area contributed by atoms with E-state index in [1.54, 1.807) is 42.5 Å². The van der Waals surface area contributed by atoms with Crippen LogP contribution >= 0.6 is 0 Å². The Bertz CT molecular complexity index is 930. The largest absolute Gasteiger partial charge is 0.352 e. The van der Waals surface area contributed by atoms with Gasteiger partial charge in [-0.1, -0.05) is 51.3 Å². The van der Waals surface area contributed by atoms with Crippen molar-refractivity contribution in [3.8, 4) is 0 Å². The molecule has 0 aliphatic carbocycles. The molecular weight excluding hydrogens is 403 g/mol. The van der Waals surface area contributed by atoms with Crippen molar-refractivity contribution in [3.63, 3.8) is 0 Å². The molecule has 1 atom stereocenters. The number of rotatable bonds is 11. The summed E-state index contributed by atoms with van der Waals surface area (Å²) in [6.07, 6.45) is 5.46. The molecule has 0 aliphatic rings. The van der Waals surface area contributed by atoms with Crippen molar-refractivity contribution in [1.82, 2.24) is 5.32 Å². The molecule has 2 rings (SSSR count). The Kier molecular flexibility index (Phi) is 8.84. The van der Waals surface area contributed by atoms with Crippen molar-refractivity contribution in [3.05, 3.63) is 65.5 Å². The molecule has 0 aliphatic heterocycles. The van der Waals surface area contributed by atoms with Crippen molar-refractivity contribution in [2.45, 2.75) is 46.1 Å². The number of anilines is 1. The second-order valence-electron chi connectivity index (χ2n) is 7.53. The SMILES string of the molecule is CCCCC(CC)CNC(=O)c1ccc(N(Cc2ccccc2F)S(C)(=O)=O)cc1. The highest BCUT2D eigenvalue weighted by Crippen LogP contribution is 2.22. The van der Waals surface area contributed by atoms with Crippen LogP contribution in [0.3, 0.4) is 0 Å². The number of nitrogens with zero attached hydrogens (tertiary/aromatic N) is 1. The first-order valence-corrected chi connectivity index (χ1v) is 12.2. The second-order valence-corrected chi connectivity index (χ2v) is 9.44. The lowest BCUT2D eigenvalue weighted by molar-refractivity contribution is 0.0946. The smallest absolute Gasteiger partial charge is 0.251 e. The van der Waals surface area contributed by atoms with Crippen LogP contribution in [0.1, 0.15) is 55.5 Å². The summed E-state index contributed by atoms with van der Waals surface area (Å²) in [7, 11) is -3.63. The molecule has 2 aromatic carbocycles. The number of amides is 1. The van der Waals surface area contributed by atoms with E-state index in [1.165, 1.54) is 6.07 Å². The molecule has 0 radical (unpaired) electrons. The summed E-state index contributed by atoms with van der Waals surface area (Å²) in [5.41, 5.74) is 1.12. The topological polar surface area (TPSA) is 66.5 Å². The van der Waals surface area contributed by atoms with Gasteiger partial charge in [0.15, 0.2) is 0 Å². The van der Waals surface area contributed by atoms with Crippen molar-refractivity contribution < 1.29 is 17.6 Å². The van der Waals surface area contributed by atoms with E-state index in [2.05, 4.69) is 19.2 Å². The van der Waals surface area contributed by atoms with E-state index in [0.717, 1.165) is 36.2 Å². The molecule has 1 amide bonds. The molecule has 30 heavy (non-hydrogen) atoms. The Hall–Kier alpha value is -2.41. The number of halogens is 1. The summed E-state index contributed by atoms with van der Waals surface area (Å²) in [6, 6.07) is 12.4. The zero-order valence-electron chi connectivity index (χ0n) is 17.9. The zero-order chi connectivity index (χ0) is 22.1. The van der Waals surface area contributed by atoms with Gasteiger partial charge in [0.05, 0.1) is 18.5 Å². The van der Waals surface area contributed by atoms with Crippen LogP contribution in [0.4, 0.5) is 10.1 Å². The first-order chi connectivity index (χ1) is 14.3. The Morgan fingerprint density at radius 2 is 1.77 bits per heavy atom. The fourth-order valence-corrected chi connectivity index (χ4v) is 4.12. The third-order valence-electron chi connectivity index (χ3n) is 5.18. The number of hydrogen-bond acceptors (Lipinski definition) is 3. The van der Waals surface area contributed by atoms with Crippen LogP contribution in [-0.4, -0.2) is 27.1 Å². The monoisotopic (exact) mass is 434 g/mol. The van der Waals surface area contributed by atoms with Crippen LogP contribution in [0.15, 0.2) is 48.5 Å². The second kappa shape index (κ2) is 11.1. The normalized spacial score (nSPS) is 12.4. The highest BCUT2D eigenvalue weighted by atomic mass is 32.2. The Morgan fingerprint density at radius 1 is 1.10 bits per heavy atom. The average molecular weight is 435 g/mol. The van der Waals surface area contributed by atoms with Gasteiger partial charge in [0.2, 0.25) is 10.0 Å². The van der Waals surface area contributed by atoms with E-state index in [1.807, 2.05) is 0 Å². The molecule has 0 saturated heterocycles. The van der Waals surface area contributed by atoms with Crippen molar-refractivity contribution in [2.24, 2.45) is 5.92 Å². The van der Waals surface area contributed by atoms with Crippen LogP contribution in [0.25, 0.3) is 0 Å². The minimum atomic E-state index is -3.63. The number of benzene rings is 2. The zero-order valence-corrected chi connectivity index (χ0v) is 18.7. The summed E-state index contributed by atoms with van der Waals surface area (Å²) < 4.78 is 39.7. The van der Waals surface area contributed by atoms with E-state index in [4.69, 9.17) is 0 Å². The predicted octanol–water partition coefficient (Wildman–Crippen LogP) is 4.74. The van der Waals surface area contributed by atoms with Gasteiger partial charge in [0.25, 0.3) is 5.91 Å². The summed E-state index contributed by atoms with van der Waals surface area (Å²) in [6.45, 7) is 4.78. The molecule has 164 valence electrons. The fourth-order valence-electron chi connectivity index (χ4n) is 3.24. The highest BCUT2D eigenvalue weighted by molar-refractivity contribution is 7.92. The standard InChI is InChI=1S/C23H31FN2O3S/c1-4-6-9-18(5-2)16-25-23(27)19-12-14-21(15-13-19)26(30(3,28)29)17-20-10-7-8-11-22(20)24/h7-8,10-15,18H,4-6,9,16-17H2,1-3H3,(H,25,27). The van der Waals surface area contributed by atoms with Gasteiger partial charge in [-0.3, -0.25) is 9.10 Å². The van der Waals surface area contributed by atoms with Crippen molar-refractivity contribution in [2.75, 3.05) is 17.1 Å². The molecular formula is C23H31FN2O3S. The third-order valence-corrected chi connectivity index (χ3v) is 6.32. The molecule has 0 aromatic heterocycles. The maximum absolute atomic E-state index is 14.0. The Balaban J connectivity index is 2.11. The van der Waals surface area contributed by atoms with Crippen LogP contribution in [0.2, 0.25) is 0 Å². The summed E-state index contributed by atoms with van der Waals surface area (Å²) in [5, 5.41) is 2.96. The minimum absolute atomic E-state index is 0.118. The lowest BCUT2D eigenvalue weighted by Gasteiger charge is -2.23. The number of hydrogen-bond donors (Lipinski definition) is 1. The molecule has 0 heterocycles. The maximum Gasteiger partial charge on any atom is 0.251 e. The molecule has 7 heteroatoms. The van der Waals surface area contributed by atoms with Gasteiger partial charge in [-0.05, 0) is 42.7 Å². The van der Waals surface area contributed by atoms with Gasteiger partial charge in [-0.2, -0.15) is 0 Å². The van der Waals surface area contributed by atoms with E-state index in [0.29, 0.717) is 23.7 Å². The molecule has 2 aromatic rings. The highest BCUT2D eigenvalue weighted by Gasteiger charge is 2.20. The van der Waals surface area contributed by atoms with E-state index < -0.39 is 15.8 Å². The molecule has 0 saturated carbocycles. The molecule has 1 unspecified atom stereocenters. The molecule has 0 bridgehead atoms. The van der Waals surface area contributed by atoms with Gasteiger partial charge < -0.3 is 5.32 Å². The molecule has 0 fully saturated rings. The van der Waals surface area contributed by atoms with Crippen LogP contribution in [-0.2, 0) is 16.6 Å². The van der Waals surface area contributed by atoms with Gasteiger partial charge in [0, 0.05) is 17.7 Å². The minimum Gasteiger partial charge on any atom is -0.352 e. The molecule has 1 N–H and O–H groups in total. The Morgan fingerprint density at radius 3 is 2.33 bits per heavy atom. The summed E-state index contributed by atoms with van der Waals surface area (Å²) in [4.78, 5) is 12.5. The van der Waals surface area contributed by atoms with Gasteiger partial charge >= 0.3 is 0 Å². The Labute approximate surface area is 179 Å². The quantitative estimate of drug-likeness (QED) is 0.556. The van der Waals surface area contributed by atoms with E-state index in [9.17, 15) is 17.6 Å². The summed E-state index contributed by atoms with van der Waals surface area (Å²) >= 11 is 0. The molecule has 0 spiro atoms. The van der Waals surface area contributed by atoms with Crippen LogP contribution in [0, 0.1) is 11.7 Å². The lowest BCUT2D eigenvalue weighted by atomic mass is 9.99. The first kappa shape index (κ1) is 23.9. The van der Waals surface area contributed by atoms with Gasteiger partial charge in [0.1, 0.15) is 5.82 Å². The molecule has 5 nitrogen and oxygen atoms in total. The fraction of sp³-hybridized carbons (Fsp3) is 0.435. The summed E-state index contributed by atoms with van der Waals surface area (Å²) in [5.74, 6) is -0.193. The number of carbonyl (C=O) groups is 1. The number of nitrogens with one attached hydrogen (secondary N) is 1. The third kappa shape index (κ3) is 6.83. The average Bonchev–Trinajstić information content (AvgIpc) is 2.72. The maximum atomic E-state index is 14.0. The first-order valence-electron chi connectivity index (χ1n) is 10.4. The van der Waals surface area contributed by atoms with Gasteiger partial charge in [-0.15, -0.1) is 0 Å². The van der Waals surface area contributed by atoms with E-state index >= 15 is 0 Å². The number of unbranched alkanes of at least 4 members (excludes halogenated alkanes) is 1. The van der Waals surface area contributed by atoms with Gasteiger partial charge in [-0.25, -0.2) is 12.8 Å². The van der Waals surface area contributed by atoms with Crippen molar-refractivity contribution in [1.29, 1.82) is 0 Å². The van der Waals surface area contributed by atoms with Crippen LogP contribution < -0.4 is 9.62 Å². The lowest BCUT2D eigenvalue weighted by Crippen LogP contribution is -2.30. The predicted molar refractivity (Wildman–Crippen MR) is 120 cm³/mol. The number of sulfonamides is 1. The number of carbonyl (C=O) groups excluding carboxylic acids is 1. The van der Waals surface area contributed by atoms with Crippen LogP contribution in [0.5, 0.6) is 0 Å². The van der Waals surface area contributed by atoms with E-state index in [-0.39, 0.29) is 18.0 Å².